The van der Waals surface area contributed by atoms with E-state index in [1.165, 1.54) is 17.4 Å². The predicted octanol–water partition coefficient (Wildman–Crippen LogP) is 3.06. The summed E-state index contributed by atoms with van der Waals surface area (Å²) in [7, 11) is 0. The SMILES string of the molecule is Cc1cc(OCC(=O)NNC(=O)C=Cc2cccs2)ccc1Br. The molecule has 0 bridgehead atoms. The number of nitrogens with one attached hydrogen (secondary N) is 2. The number of hydrogen-bond acceptors (Lipinski definition) is 4. The Labute approximate surface area is 146 Å². The van der Waals surface area contributed by atoms with Crippen LogP contribution in [0.15, 0.2) is 46.3 Å². The van der Waals surface area contributed by atoms with Gasteiger partial charge in [-0.1, -0.05) is 22.0 Å². The molecule has 23 heavy (non-hydrogen) atoms. The highest BCUT2D eigenvalue weighted by atomic mass is 79.9. The second-order valence-electron chi connectivity index (χ2n) is 4.59. The molecule has 0 saturated carbocycles. The smallest absolute Gasteiger partial charge is 0.276 e. The van der Waals surface area contributed by atoms with E-state index in [2.05, 4.69) is 26.8 Å². The zero-order chi connectivity index (χ0) is 16.7. The van der Waals surface area contributed by atoms with E-state index >= 15 is 0 Å². The number of rotatable bonds is 5. The standard InChI is InChI=1S/C16H15BrN2O3S/c1-11-9-12(4-6-14(11)17)22-10-16(21)19-18-15(20)7-5-13-3-2-8-23-13/h2-9H,10H2,1H3,(H,18,20)(H,19,21). The van der Waals surface area contributed by atoms with Crippen molar-refractivity contribution < 1.29 is 14.3 Å². The van der Waals surface area contributed by atoms with Gasteiger partial charge in [0, 0.05) is 15.4 Å². The molecule has 0 atom stereocenters. The summed E-state index contributed by atoms with van der Waals surface area (Å²) in [6, 6.07) is 9.21. The van der Waals surface area contributed by atoms with Gasteiger partial charge in [-0.15, -0.1) is 11.3 Å². The molecule has 2 aromatic rings. The van der Waals surface area contributed by atoms with Gasteiger partial charge in [0.1, 0.15) is 5.75 Å². The average molecular weight is 395 g/mol. The zero-order valence-corrected chi connectivity index (χ0v) is 14.7. The van der Waals surface area contributed by atoms with Crippen LogP contribution in [0.2, 0.25) is 0 Å². The summed E-state index contributed by atoms with van der Waals surface area (Å²) in [6.07, 6.45) is 3.03. The second kappa shape index (κ2) is 8.50. The first-order valence-electron chi connectivity index (χ1n) is 6.74. The number of ether oxygens (including phenoxy) is 1. The Bertz CT molecular complexity index is 714. The molecule has 0 aliphatic rings. The third kappa shape index (κ3) is 5.88. The van der Waals surface area contributed by atoms with Crippen molar-refractivity contribution in [1.82, 2.24) is 10.9 Å². The molecule has 1 heterocycles. The van der Waals surface area contributed by atoms with E-state index in [-0.39, 0.29) is 6.61 Å². The van der Waals surface area contributed by atoms with Crippen molar-refractivity contribution in [3.8, 4) is 5.75 Å². The maximum atomic E-state index is 11.6. The number of hydrogen-bond donors (Lipinski definition) is 2. The molecule has 7 heteroatoms. The predicted molar refractivity (Wildman–Crippen MR) is 94.0 cm³/mol. The van der Waals surface area contributed by atoms with Crippen LogP contribution in [0.4, 0.5) is 0 Å². The largest absolute Gasteiger partial charge is 0.484 e. The van der Waals surface area contributed by atoms with Crippen molar-refractivity contribution >= 4 is 45.2 Å². The first kappa shape index (κ1) is 17.2. The molecule has 2 N–H and O–H groups in total. The summed E-state index contributed by atoms with van der Waals surface area (Å²) in [6.45, 7) is 1.74. The minimum absolute atomic E-state index is 0.185. The summed E-state index contributed by atoms with van der Waals surface area (Å²) in [5.74, 6) is -0.264. The van der Waals surface area contributed by atoms with Gasteiger partial charge in [0.25, 0.3) is 11.8 Å². The molecule has 120 valence electrons. The summed E-state index contributed by atoms with van der Waals surface area (Å²) in [4.78, 5) is 24.1. The van der Waals surface area contributed by atoms with E-state index in [1.54, 1.807) is 12.1 Å². The van der Waals surface area contributed by atoms with E-state index in [9.17, 15) is 9.59 Å². The fraction of sp³-hybridized carbons (Fsp3) is 0.125. The minimum Gasteiger partial charge on any atom is -0.484 e. The normalized spacial score (nSPS) is 10.5. The summed E-state index contributed by atoms with van der Waals surface area (Å²) in [5.41, 5.74) is 5.59. The van der Waals surface area contributed by atoms with Crippen LogP contribution in [-0.2, 0) is 9.59 Å². The van der Waals surface area contributed by atoms with Crippen molar-refractivity contribution in [3.05, 3.63) is 56.7 Å². The van der Waals surface area contributed by atoms with E-state index in [1.807, 2.05) is 36.6 Å². The average Bonchev–Trinajstić information content (AvgIpc) is 3.05. The van der Waals surface area contributed by atoms with Gasteiger partial charge in [-0.05, 0) is 48.2 Å². The fourth-order valence-electron chi connectivity index (χ4n) is 1.61. The maximum Gasteiger partial charge on any atom is 0.276 e. The molecule has 0 saturated heterocycles. The summed E-state index contributed by atoms with van der Waals surface area (Å²) < 4.78 is 6.33. The van der Waals surface area contributed by atoms with Crippen LogP contribution in [0.3, 0.4) is 0 Å². The van der Waals surface area contributed by atoms with Gasteiger partial charge in [0.2, 0.25) is 0 Å². The van der Waals surface area contributed by atoms with Crippen LogP contribution in [0, 0.1) is 6.92 Å². The molecule has 1 aromatic heterocycles. The van der Waals surface area contributed by atoms with Gasteiger partial charge in [-0.25, -0.2) is 0 Å². The zero-order valence-electron chi connectivity index (χ0n) is 12.3. The molecule has 1 aromatic carbocycles. The topological polar surface area (TPSA) is 67.4 Å². The third-order valence-corrected chi connectivity index (χ3v) is 4.49. The lowest BCUT2D eigenvalue weighted by atomic mass is 10.2. The number of carbonyl (C=O) groups excluding carboxylic acids is 2. The highest BCUT2D eigenvalue weighted by Gasteiger charge is 2.05. The van der Waals surface area contributed by atoms with Gasteiger partial charge >= 0.3 is 0 Å². The van der Waals surface area contributed by atoms with Crippen LogP contribution in [0.5, 0.6) is 5.75 Å². The number of hydrazine groups is 1. The van der Waals surface area contributed by atoms with Crippen LogP contribution in [-0.4, -0.2) is 18.4 Å². The Morgan fingerprint density at radius 1 is 1.30 bits per heavy atom. The van der Waals surface area contributed by atoms with Crippen molar-refractivity contribution in [3.63, 3.8) is 0 Å². The van der Waals surface area contributed by atoms with Crippen LogP contribution in [0.1, 0.15) is 10.4 Å². The minimum atomic E-state index is -0.441. The van der Waals surface area contributed by atoms with Gasteiger partial charge in [-0.3, -0.25) is 20.4 Å². The Hall–Kier alpha value is -2.12. The number of aryl methyl sites for hydroxylation is 1. The molecule has 0 spiro atoms. The molecule has 0 unspecified atom stereocenters. The molecular weight excluding hydrogens is 380 g/mol. The number of amides is 2. The van der Waals surface area contributed by atoms with E-state index < -0.39 is 11.8 Å². The Morgan fingerprint density at radius 2 is 2.13 bits per heavy atom. The lowest BCUT2D eigenvalue weighted by molar-refractivity contribution is -0.128. The first-order valence-corrected chi connectivity index (χ1v) is 8.41. The van der Waals surface area contributed by atoms with Crippen molar-refractivity contribution in [2.45, 2.75) is 6.92 Å². The highest BCUT2D eigenvalue weighted by Crippen LogP contribution is 2.21. The monoisotopic (exact) mass is 394 g/mol. The second-order valence-corrected chi connectivity index (χ2v) is 6.42. The molecule has 5 nitrogen and oxygen atoms in total. The summed E-state index contributed by atoms with van der Waals surface area (Å²) >= 11 is 4.91. The first-order chi connectivity index (χ1) is 11.0. The molecule has 2 amide bonds. The van der Waals surface area contributed by atoms with E-state index in [4.69, 9.17) is 4.74 Å². The fourth-order valence-corrected chi connectivity index (χ4v) is 2.47. The molecule has 0 radical (unpaired) electrons. The summed E-state index contributed by atoms with van der Waals surface area (Å²) in [5, 5.41) is 1.92. The Morgan fingerprint density at radius 3 is 2.83 bits per heavy atom. The molecule has 0 aliphatic heterocycles. The maximum absolute atomic E-state index is 11.6. The van der Waals surface area contributed by atoms with Crippen molar-refractivity contribution in [1.29, 1.82) is 0 Å². The van der Waals surface area contributed by atoms with E-state index in [0.717, 1.165) is 14.9 Å². The number of benzene rings is 1. The van der Waals surface area contributed by atoms with Gasteiger partial charge in [-0.2, -0.15) is 0 Å². The Balaban J connectivity index is 1.72. The lowest BCUT2D eigenvalue weighted by Gasteiger charge is -2.08. The van der Waals surface area contributed by atoms with Crippen LogP contribution >= 0.6 is 27.3 Å². The van der Waals surface area contributed by atoms with Crippen LogP contribution < -0.4 is 15.6 Å². The molecule has 0 aliphatic carbocycles. The number of halogens is 1. The van der Waals surface area contributed by atoms with Gasteiger partial charge in [0.15, 0.2) is 6.61 Å². The van der Waals surface area contributed by atoms with Gasteiger partial charge < -0.3 is 4.74 Å². The van der Waals surface area contributed by atoms with Crippen LogP contribution in [0.25, 0.3) is 6.08 Å². The molecule has 0 fully saturated rings. The highest BCUT2D eigenvalue weighted by molar-refractivity contribution is 9.10. The number of thiophene rings is 1. The quantitative estimate of drug-likeness (QED) is 0.604. The molecular formula is C16H15BrN2O3S. The van der Waals surface area contributed by atoms with Crippen molar-refractivity contribution in [2.24, 2.45) is 0 Å². The Kier molecular flexibility index (Phi) is 6.37. The van der Waals surface area contributed by atoms with Crippen molar-refractivity contribution in [2.75, 3.05) is 6.61 Å². The lowest BCUT2D eigenvalue weighted by Crippen LogP contribution is -2.43. The third-order valence-electron chi connectivity index (χ3n) is 2.77. The van der Waals surface area contributed by atoms with E-state index in [0.29, 0.717) is 5.75 Å². The van der Waals surface area contributed by atoms with Gasteiger partial charge in [0.05, 0.1) is 0 Å². The molecule has 2 rings (SSSR count). The number of carbonyl (C=O) groups is 2.